The summed E-state index contributed by atoms with van der Waals surface area (Å²) in [4.78, 5) is 16.0. The number of aromatic nitrogens is 2. The van der Waals surface area contributed by atoms with E-state index in [2.05, 4.69) is 15.6 Å². The van der Waals surface area contributed by atoms with Gasteiger partial charge in [0.2, 0.25) is 0 Å². The molecule has 128 valence electrons. The molecule has 0 aliphatic rings. The van der Waals surface area contributed by atoms with Crippen LogP contribution in [0.1, 0.15) is 18.5 Å². The first-order valence-corrected chi connectivity index (χ1v) is 7.64. The van der Waals surface area contributed by atoms with Crippen molar-refractivity contribution in [2.24, 2.45) is 0 Å². The number of hydrogen-bond acceptors (Lipinski definition) is 2. The topological polar surface area (TPSA) is 59.0 Å². The fourth-order valence-electron chi connectivity index (χ4n) is 2.38. The molecule has 25 heavy (non-hydrogen) atoms. The van der Waals surface area contributed by atoms with Gasteiger partial charge in [-0.05, 0) is 36.8 Å². The molecule has 0 bridgehead atoms. The highest BCUT2D eigenvalue weighted by Crippen LogP contribution is 2.17. The predicted molar refractivity (Wildman–Crippen MR) is 90.5 cm³/mol. The average Bonchev–Trinajstić information content (AvgIpc) is 3.12. The number of carbonyl (C=O) groups is 1. The summed E-state index contributed by atoms with van der Waals surface area (Å²) < 4.78 is 28.3. The molecule has 0 spiro atoms. The fourth-order valence-corrected chi connectivity index (χ4v) is 2.38. The van der Waals surface area contributed by atoms with Crippen LogP contribution in [-0.2, 0) is 0 Å². The molecule has 7 heteroatoms. The van der Waals surface area contributed by atoms with E-state index in [1.165, 1.54) is 6.07 Å². The minimum absolute atomic E-state index is 0.0819. The van der Waals surface area contributed by atoms with Gasteiger partial charge in [-0.3, -0.25) is 0 Å². The first-order chi connectivity index (χ1) is 12.0. The molecule has 2 N–H and O–H groups in total. The maximum Gasteiger partial charge on any atom is 0.319 e. The van der Waals surface area contributed by atoms with Crippen LogP contribution in [0.3, 0.4) is 0 Å². The number of hydrogen-bond donors (Lipinski definition) is 2. The van der Waals surface area contributed by atoms with Gasteiger partial charge >= 0.3 is 6.03 Å². The Morgan fingerprint density at radius 2 is 1.92 bits per heavy atom. The van der Waals surface area contributed by atoms with Crippen molar-refractivity contribution in [1.82, 2.24) is 14.9 Å². The van der Waals surface area contributed by atoms with Crippen LogP contribution < -0.4 is 10.6 Å². The molecule has 3 aromatic rings. The van der Waals surface area contributed by atoms with Gasteiger partial charge in [0.1, 0.15) is 11.6 Å². The van der Waals surface area contributed by atoms with E-state index in [1.807, 2.05) is 42.0 Å². The summed E-state index contributed by atoms with van der Waals surface area (Å²) in [5, 5.41) is 5.08. The van der Waals surface area contributed by atoms with Gasteiger partial charge in [0.05, 0.1) is 18.1 Å². The third kappa shape index (κ3) is 4.00. The first-order valence-electron chi connectivity index (χ1n) is 7.64. The number of imidazole rings is 1. The maximum absolute atomic E-state index is 13.6. The van der Waals surface area contributed by atoms with E-state index in [-0.39, 0.29) is 11.7 Å². The first kappa shape index (κ1) is 16.6. The van der Waals surface area contributed by atoms with E-state index < -0.39 is 17.7 Å². The van der Waals surface area contributed by atoms with Crippen molar-refractivity contribution in [2.75, 3.05) is 5.32 Å². The molecule has 2 amide bonds. The zero-order valence-electron chi connectivity index (χ0n) is 13.4. The van der Waals surface area contributed by atoms with E-state index in [9.17, 15) is 13.6 Å². The van der Waals surface area contributed by atoms with Gasteiger partial charge in [0, 0.05) is 24.1 Å². The number of urea groups is 1. The van der Waals surface area contributed by atoms with Crippen molar-refractivity contribution in [3.63, 3.8) is 0 Å². The van der Waals surface area contributed by atoms with Crippen LogP contribution in [0, 0.1) is 11.6 Å². The standard InChI is InChI=1S/C18H16F2N4O/c1-12(13-2-5-15(6-3-13)24-9-8-21-11-24)22-18(25)23-17-7-4-14(19)10-16(17)20/h2-12H,1H3,(H2,22,23,25). The summed E-state index contributed by atoms with van der Waals surface area (Å²) in [5.41, 5.74) is 1.76. The molecular weight excluding hydrogens is 326 g/mol. The van der Waals surface area contributed by atoms with Crippen molar-refractivity contribution in [1.29, 1.82) is 0 Å². The third-order valence-corrected chi connectivity index (χ3v) is 3.72. The largest absolute Gasteiger partial charge is 0.331 e. The second-order valence-electron chi connectivity index (χ2n) is 5.51. The van der Waals surface area contributed by atoms with E-state index in [4.69, 9.17) is 0 Å². The number of amides is 2. The van der Waals surface area contributed by atoms with E-state index >= 15 is 0 Å². The van der Waals surface area contributed by atoms with Crippen LogP contribution in [0.5, 0.6) is 0 Å². The monoisotopic (exact) mass is 342 g/mol. The smallest absolute Gasteiger partial charge is 0.319 e. The average molecular weight is 342 g/mol. The molecule has 0 radical (unpaired) electrons. The molecule has 0 aliphatic heterocycles. The van der Waals surface area contributed by atoms with Gasteiger partial charge < -0.3 is 15.2 Å². The summed E-state index contributed by atoms with van der Waals surface area (Å²) in [6.45, 7) is 1.81. The van der Waals surface area contributed by atoms with Crippen LogP contribution >= 0.6 is 0 Å². The highest BCUT2D eigenvalue weighted by atomic mass is 19.1. The Balaban J connectivity index is 1.63. The molecule has 0 aliphatic carbocycles. The number of anilines is 1. The van der Waals surface area contributed by atoms with Gasteiger partial charge in [-0.25, -0.2) is 18.6 Å². The van der Waals surface area contributed by atoms with Crippen LogP contribution in [0.25, 0.3) is 5.69 Å². The number of rotatable bonds is 4. The second kappa shape index (κ2) is 7.12. The highest BCUT2D eigenvalue weighted by Gasteiger charge is 2.12. The Bertz CT molecular complexity index is 863. The van der Waals surface area contributed by atoms with Gasteiger partial charge in [-0.1, -0.05) is 12.1 Å². The minimum atomic E-state index is -0.826. The zero-order valence-corrected chi connectivity index (χ0v) is 13.4. The molecule has 0 saturated carbocycles. The Kier molecular flexibility index (Phi) is 4.74. The van der Waals surface area contributed by atoms with Gasteiger partial charge in [-0.15, -0.1) is 0 Å². The minimum Gasteiger partial charge on any atom is -0.331 e. The maximum atomic E-state index is 13.6. The predicted octanol–water partition coefficient (Wildman–Crippen LogP) is 4.03. The Morgan fingerprint density at radius 1 is 1.16 bits per heavy atom. The SMILES string of the molecule is CC(NC(=O)Nc1ccc(F)cc1F)c1ccc(-n2ccnc2)cc1. The van der Waals surface area contributed by atoms with Gasteiger partial charge in [-0.2, -0.15) is 0 Å². The lowest BCUT2D eigenvalue weighted by atomic mass is 10.1. The molecule has 1 unspecified atom stereocenters. The lowest BCUT2D eigenvalue weighted by Gasteiger charge is -2.16. The van der Waals surface area contributed by atoms with Gasteiger partial charge in [0.25, 0.3) is 0 Å². The lowest BCUT2D eigenvalue weighted by molar-refractivity contribution is 0.249. The van der Waals surface area contributed by atoms with Crippen LogP contribution in [0.4, 0.5) is 19.3 Å². The molecule has 2 aromatic carbocycles. The molecule has 5 nitrogen and oxygen atoms in total. The molecule has 1 aromatic heterocycles. The quantitative estimate of drug-likeness (QED) is 0.752. The Morgan fingerprint density at radius 3 is 2.56 bits per heavy atom. The summed E-state index contributed by atoms with van der Waals surface area (Å²) in [6.07, 6.45) is 5.22. The highest BCUT2D eigenvalue weighted by molar-refractivity contribution is 5.89. The lowest BCUT2D eigenvalue weighted by Crippen LogP contribution is -2.31. The van der Waals surface area contributed by atoms with E-state index in [0.29, 0.717) is 6.07 Å². The molecule has 3 rings (SSSR count). The number of nitrogens with zero attached hydrogens (tertiary/aromatic N) is 2. The van der Waals surface area contributed by atoms with Crippen LogP contribution in [0.2, 0.25) is 0 Å². The number of nitrogens with one attached hydrogen (secondary N) is 2. The van der Waals surface area contributed by atoms with Crippen molar-refractivity contribution in [2.45, 2.75) is 13.0 Å². The Labute approximate surface area is 143 Å². The number of carbonyl (C=O) groups excluding carboxylic acids is 1. The molecular formula is C18H16F2N4O. The Hall–Kier alpha value is -3.22. The summed E-state index contributed by atoms with van der Waals surface area (Å²) in [7, 11) is 0. The number of halogens is 2. The molecule has 1 heterocycles. The second-order valence-corrected chi connectivity index (χ2v) is 5.51. The van der Waals surface area contributed by atoms with Crippen molar-refractivity contribution >= 4 is 11.7 Å². The van der Waals surface area contributed by atoms with Gasteiger partial charge in [0.15, 0.2) is 0 Å². The van der Waals surface area contributed by atoms with Crippen molar-refractivity contribution < 1.29 is 13.6 Å². The van der Waals surface area contributed by atoms with Crippen molar-refractivity contribution in [3.8, 4) is 5.69 Å². The zero-order chi connectivity index (χ0) is 17.8. The van der Waals surface area contributed by atoms with E-state index in [0.717, 1.165) is 17.3 Å². The van der Waals surface area contributed by atoms with E-state index in [1.54, 1.807) is 12.5 Å². The van der Waals surface area contributed by atoms with Crippen molar-refractivity contribution in [3.05, 3.63) is 78.4 Å². The summed E-state index contributed by atoms with van der Waals surface area (Å²) >= 11 is 0. The molecule has 1 atom stereocenters. The third-order valence-electron chi connectivity index (χ3n) is 3.72. The van der Waals surface area contributed by atoms with Crippen LogP contribution in [-0.4, -0.2) is 15.6 Å². The number of benzene rings is 2. The molecule has 0 saturated heterocycles. The normalized spacial score (nSPS) is 11.8. The van der Waals surface area contributed by atoms with Crippen LogP contribution in [0.15, 0.2) is 61.2 Å². The fraction of sp³-hybridized carbons (Fsp3) is 0.111. The summed E-state index contributed by atoms with van der Waals surface area (Å²) in [6, 6.07) is 9.70. The molecule has 0 fully saturated rings. The summed E-state index contributed by atoms with van der Waals surface area (Å²) in [5.74, 6) is -1.53.